The Morgan fingerprint density at radius 1 is 1.62 bits per heavy atom. The number of pyridine rings is 1. The second kappa shape index (κ2) is 3.87. The molecule has 0 amide bonds. The number of alkyl halides is 3. The molecule has 0 atom stereocenters. The van der Waals surface area contributed by atoms with E-state index in [0.29, 0.717) is 5.69 Å². The molecule has 0 unspecified atom stereocenters. The van der Waals surface area contributed by atoms with E-state index in [1.807, 2.05) is 0 Å². The second-order valence-corrected chi connectivity index (χ2v) is 2.90. The van der Waals surface area contributed by atoms with Crippen molar-refractivity contribution < 1.29 is 8.78 Å². The highest BCUT2D eigenvalue weighted by atomic mass is 35.5. The maximum atomic E-state index is 12.3. The Bertz CT molecular complexity index is 362. The number of nitrogens with one attached hydrogen (secondary N) is 1. The summed E-state index contributed by atoms with van der Waals surface area (Å²) in [5.41, 5.74) is -0.512. The summed E-state index contributed by atoms with van der Waals surface area (Å²) in [5, 5.41) is 0. The first-order chi connectivity index (χ1) is 6.06. The molecular weight excluding hydrogens is 200 g/mol. The molecule has 0 fully saturated rings. The first-order valence-corrected chi connectivity index (χ1v) is 4.16. The first-order valence-electron chi connectivity index (χ1n) is 3.63. The summed E-state index contributed by atoms with van der Waals surface area (Å²) in [6, 6.07) is 1.10. The van der Waals surface area contributed by atoms with Gasteiger partial charge in [-0.2, -0.15) is 0 Å². The predicted octanol–water partition coefficient (Wildman–Crippen LogP) is 2.36. The summed E-state index contributed by atoms with van der Waals surface area (Å²) in [6.07, 6.45) is -2.74. The van der Waals surface area contributed by atoms with Gasteiger partial charge in [-0.05, 0) is 6.92 Å². The topological polar surface area (TPSA) is 32.9 Å². The Morgan fingerprint density at radius 3 is 2.62 bits per heavy atom. The highest BCUT2D eigenvalue weighted by Crippen LogP contribution is 2.17. The molecule has 0 radical (unpaired) electrons. The monoisotopic (exact) mass is 207 g/mol. The van der Waals surface area contributed by atoms with Crippen LogP contribution in [0, 0.1) is 6.92 Å². The fraction of sp³-hybridized carbons (Fsp3) is 0.375. The van der Waals surface area contributed by atoms with E-state index in [9.17, 15) is 13.6 Å². The highest BCUT2D eigenvalue weighted by molar-refractivity contribution is 6.16. The molecule has 0 aliphatic carbocycles. The van der Waals surface area contributed by atoms with E-state index >= 15 is 0 Å². The Morgan fingerprint density at radius 2 is 2.23 bits per heavy atom. The van der Waals surface area contributed by atoms with Gasteiger partial charge in [0.05, 0.1) is 11.4 Å². The summed E-state index contributed by atoms with van der Waals surface area (Å²) in [6.45, 7) is 1.43. The molecule has 2 nitrogen and oxygen atoms in total. The SMILES string of the molecule is Cc1[nH]c(CCl)cc(=O)c1C(F)F. The molecule has 0 aliphatic rings. The number of rotatable bonds is 2. The zero-order valence-electron chi connectivity index (χ0n) is 6.90. The summed E-state index contributed by atoms with van der Waals surface area (Å²) < 4.78 is 24.5. The van der Waals surface area contributed by atoms with Crippen LogP contribution in [0.25, 0.3) is 0 Å². The standard InChI is InChI=1S/C8H8ClF2NO/c1-4-7(8(10)11)6(13)2-5(3-9)12-4/h2,8H,3H2,1H3,(H,12,13). The molecule has 1 N–H and O–H groups in total. The summed E-state index contributed by atoms with van der Waals surface area (Å²) in [7, 11) is 0. The van der Waals surface area contributed by atoms with E-state index in [1.54, 1.807) is 0 Å². The average Bonchev–Trinajstić information content (AvgIpc) is 2.02. The number of aromatic amines is 1. The zero-order valence-corrected chi connectivity index (χ0v) is 7.66. The second-order valence-electron chi connectivity index (χ2n) is 2.63. The van der Waals surface area contributed by atoms with Crippen molar-refractivity contribution >= 4 is 11.6 Å². The van der Waals surface area contributed by atoms with Gasteiger partial charge < -0.3 is 4.98 Å². The molecule has 13 heavy (non-hydrogen) atoms. The molecule has 0 saturated carbocycles. The Hall–Kier alpha value is -0.900. The van der Waals surface area contributed by atoms with Crippen molar-refractivity contribution in [3.8, 4) is 0 Å². The number of aryl methyl sites for hydroxylation is 1. The van der Waals surface area contributed by atoms with E-state index in [4.69, 9.17) is 11.6 Å². The molecule has 0 saturated heterocycles. The number of H-pyrrole nitrogens is 1. The molecule has 72 valence electrons. The Kier molecular flexibility index (Phi) is 3.03. The minimum Gasteiger partial charge on any atom is -0.361 e. The van der Waals surface area contributed by atoms with Gasteiger partial charge in [0.15, 0.2) is 5.43 Å². The van der Waals surface area contributed by atoms with E-state index in [0.717, 1.165) is 6.07 Å². The predicted molar refractivity (Wildman–Crippen MR) is 46.3 cm³/mol. The number of hydrogen-bond donors (Lipinski definition) is 1. The fourth-order valence-electron chi connectivity index (χ4n) is 1.11. The van der Waals surface area contributed by atoms with Gasteiger partial charge in [0.1, 0.15) is 0 Å². The lowest BCUT2D eigenvalue weighted by Crippen LogP contribution is -2.13. The van der Waals surface area contributed by atoms with Crippen molar-refractivity contribution in [2.75, 3.05) is 0 Å². The van der Waals surface area contributed by atoms with E-state index in [2.05, 4.69) is 4.98 Å². The van der Waals surface area contributed by atoms with Crippen LogP contribution in [0.3, 0.4) is 0 Å². The van der Waals surface area contributed by atoms with Crippen LogP contribution in [0.4, 0.5) is 8.78 Å². The van der Waals surface area contributed by atoms with Crippen LogP contribution in [0.5, 0.6) is 0 Å². The van der Waals surface area contributed by atoms with Gasteiger partial charge in [-0.3, -0.25) is 4.79 Å². The first kappa shape index (κ1) is 10.2. The summed E-state index contributed by atoms with van der Waals surface area (Å²) in [5.74, 6) is 0.111. The van der Waals surface area contributed by atoms with E-state index < -0.39 is 17.4 Å². The molecule has 5 heteroatoms. The van der Waals surface area contributed by atoms with Crippen LogP contribution in [0.15, 0.2) is 10.9 Å². The van der Waals surface area contributed by atoms with E-state index in [-0.39, 0.29) is 11.6 Å². The number of halogens is 3. The molecule has 1 aromatic rings. The van der Waals surface area contributed by atoms with Gasteiger partial charge in [-0.1, -0.05) is 0 Å². The third-order valence-corrected chi connectivity index (χ3v) is 1.97. The molecule has 0 aromatic carbocycles. The molecular formula is C8H8ClF2NO. The normalized spacial score (nSPS) is 10.8. The molecule has 1 aromatic heterocycles. The summed E-state index contributed by atoms with van der Waals surface area (Å²) >= 11 is 5.45. The van der Waals surface area contributed by atoms with Gasteiger partial charge in [0.25, 0.3) is 6.43 Å². The molecule has 0 bridgehead atoms. The quantitative estimate of drug-likeness (QED) is 0.742. The average molecular weight is 208 g/mol. The van der Waals surface area contributed by atoms with Gasteiger partial charge >= 0.3 is 0 Å². The molecule has 0 spiro atoms. The minimum atomic E-state index is -2.74. The van der Waals surface area contributed by atoms with Crippen molar-refractivity contribution in [3.63, 3.8) is 0 Å². The fourth-order valence-corrected chi connectivity index (χ4v) is 1.25. The molecule has 1 rings (SSSR count). The van der Waals surface area contributed by atoms with Gasteiger partial charge in [0, 0.05) is 17.5 Å². The van der Waals surface area contributed by atoms with Crippen LogP contribution >= 0.6 is 11.6 Å². The number of hydrogen-bond acceptors (Lipinski definition) is 1. The Balaban J connectivity index is 3.32. The van der Waals surface area contributed by atoms with Gasteiger partial charge in [0.2, 0.25) is 0 Å². The van der Waals surface area contributed by atoms with Crippen molar-refractivity contribution in [1.29, 1.82) is 0 Å². The lowest BCUT2D eigenvalue weighted by molar-refractivity contribution is 0.149. The smallest absolute Gasteiger partial charge is 0.269 e. The third kappa shape index (κ3) is 2.06. The maximum Gasteiger partial charge on any atom is 0.269 e. The van der Waals surface area contributed by atoms with Crippen molar-refractivity contribution in [2.24, 2.45) is 0 Å². The zero-order chi connectivity index (χ0) is 10.0. The van der Waals surface area contributed by atoms with Crippen LogP contribution in [-0.2, 0) is 5.88 Å². The Labute approximate surface area is 78.5 Å². The van der Waals surface area contributed by atoms with Gasteiger partial charge in [-0.25, -0.2) is 8.78 Å². The highest BCUT2D eigenvalue weighted by Gasteiger charge is 2.15. The van der Waals surface area contributed by atoms with Crippen LogP contribution in [0.2, 0.25) is 0 Å². The minimum absolute atomic E-state index is 0.111. The van der Waals surface area contributed by atoms with Crippen molar-refractivity contribution in [1.82, 2.24) is 4.98 Å². The lowest BCUT2D eigenvalue weighted by atomic mass is 10.2. The third-order valence-electron chi connectivity index (χ3n) is 1.69. The largest absolute Gasteiger partial charge is 0.361 e. The number of aromatic nitrogens is 1. The lowest BCUT2D eigenvalue weighted by Gasteiger charge is -2.05. The summed E-state index contributed by atoms with van der Waals surface area (Å²) in [4.78, 5) is 13.7. The van der Waals surface area contributed by atoms with Crippen LogP contribution in [-0.4, -0.2) is 4.98 Å². The van der Waals surface area contributed by atoms with Crippen molar-refractivity contribution in [3.05, 3.63) is 33.2 Å². The molecule has 1 heterocycles. The van der Waals surface area contributed by atoms with Crippen LogP contribution in [0.1, 0.15) is 23.4 Å². The van der Waals surface area contributed by atoms with Gasteiger partial charge in [-0.15, -0.1) is 11.6 Å². The maximum absolute atomic E-state index is 12.3. The molecule has 0 aliphatic heterocycles. The van der Waals surface area contributed by atoms with Crippen molar-refractivity contribution in [2.45, 2.75) is 19.2 Å². The van der Waals surface area contributed by atoms with Crippen LogP contribution < -0.4 is 5.43 Å². The van der Waals surface area contributed by atoms with E-state index in [1.165, 1.54) is 6.92 Å².